The van der Waals surface area contributed by atoms with Crippen LogP contribution < -0.4 is 0 Å². The lowest BCUT2D eigenvalue weighted by Crippen LogP contribution is -2.34. The van der Waals surface area contributed by atoms with Crippen LogP contribution in [0, 0.1) is 0 Å². The average molecular weight is 274 g/mol. The maximum Gasteiger partial charge on any atom is 0.0890 e. The highest BCUT2D eigenvalue weighted by Gasteiger charge is 2.29. The van der Waals surface area contributed by atoms with Crippen molar-refractivity contribution in [2.45, 2.75) is 31.4 Å². The van der Waals surface area contributed by atoms with Gasteiger partial charge in [-0.25, -0.2) is 0 Å². The van der Waals surface area contributed by atoms with Crippen LogP contribution in [0.2, 0.25) is 0 Å². The molecule has 0 bridgehead atoms. The van der Waals surface area contributed by atoms with Crippen LogP contribution in [0.4, 0.5) is 0 Å². The SMILES string of the molecule is OC[C@@]1(O)CCCN(Cc2cccc3cc[nH]c23)CC1. The number of hydrogen-bond acceptors (Lipinski definition) is 3. The van der Waals surface area contributed by atoms with Gasteiger partial charge in [0.05, 0.1) is 12.2 Å². The summed E-state index contributed by atoms with van der Waals surface area (Å²) in [7, 11) is 0. The van der Waals surface area contributed by atoms with Crippen molar-refractivity contribution in [1.82, 2.24) is 9.88 Å². The predicted octanol–water partition coefficient (Wildman–Crippen LogP) is 1.88. The Bertz CT molecular complexity index is 581. The summed E-state index contributed by atoms with van der Waals surface area (Å²) in [5.41, 5.74) is 1.61. The molecule has 4 nitrogen and oxygen atoms in total. The molecular weight excluding hydrogens is 252 g/mol. The zero-order valence-electron chi connectivity index (χ0n) is 11.7. The number of likely N-dealkylation sites (tertiary alicyclic amines) is 1. The number of nitrogens with zero attached hydrogens (tertiary/aromatic N) is 1. The first-order chi connectivity index (χ1) is 9.70. The van der Waals surface area contributed by atoms with Gasteiger partial charge < -0.3 is 15.2 Å². The van der Waals surface area contributed by atoms with E-state index in [1.807, 2.05) is 6.20 Å². The molecule has 2 aromatic rings. The number of benzene rings is 1. The number of hydrogen-bond donors (Lipinski definition) is 3. The molecule has 1 aliphatic rings. The fraction of sp³-hybridized carbons (Fsp3) is 0.500. The number of aliphatic hydroxyl groups is 2. The van der Waals surface area contributed by atoms with Crippen molar-refractivity contribution >= 4 is 10.9 Å². The van der Waals surface area contributed by atoms with Gasteiger partial charge in [0.15, 0.2) is 0 Å². The molecule has 2 heterocycles. The molecule has 4 heteroatoms. The summed E-state index contributed by atoms with van der Waals surface area (Å²) in [6.45, 7) is 2.56. The molecule has 0 aliphatic carbocycles. The van der Waals surface area contributed by atoms with Crippen molar-refractivity contribution in [1.29, 1.82) is 0 Å². The molecule has 0 radical (unpaired) electrons. The normalized spacial score (nSPS) is 24.9. The minimum Gasteiger partial charge on any atom is -0.393 e. The molecule has 3 rings (SSSR count). The predicted molar refractivity (Wildman–Crippen MR) is 79.5 cm³/mol. The summed E-state index contributed by atoms with van der Waals surface area (Å²) in [6, 6.07) is 8.45. The third-order valence-electron chi connectivity index (χ3n) is 4.37. The second-order valence-corrected chi connectivity index (χ2v) is 5.87. The number of aromatic amines is 1. The van der Waals surface area contributed by atoms with Crippen LogP contribution in [-0.4, -0.2) is 45.4 Å². The van der Waals surface area contributed by atoms with Crippen molar-refractivity contribution in [3.63, 3.8) is 0 Å². The maximum atomic E-state index is 10.2. The Morgan fingerprint density at radius 1 is 1.20 bits per heavy atom. The Kier molecular flexibility index (Phi) is 3.78. The molecule has 1 saturated heterocycles. The van der Waals surface area contributed by atoms with Crippen molar-refractivity contribution in [2.75, 3.05) is 19.7 Å². The monoisotopic (exact) mass is 274 g/mol. The fourth-order valence-corrected chi connectivity index (χ4v) is 3.07. The molecule has 20 heavy (non-hydrogen) atoms. The highest BCUT2D eigenvalue weighted by atomic mass is 16.3. The molecular formula is C16H22N2O2. The maximum absolute atomic E-state index is 10.2. The first-order valence-electron chi connectivity index (χ1n) is 7.31. The van der Waals surface area contributed by atoms with E-state index in [0.717, 1.165) is 26.1 Å². The van der Waals surface area contributed by atoms with Crippen molar-refractivity contribution in [3.8, 4) is 0 Å². The van der Waals surface area contributed by atoms with Gasteiger partial charge in [-0.2, -0.15) is 0 Å². The van der Waals surface area contributed by atoms with Crippen molar-refractivity contribution < 1.29 is 10.2 Å². The van der Waals surface area contributed by atoms with Gasteiger partial charge >= 0.3 is 0 Å². The smallest absolute Gasteiger partial charge is 0.0890 e. The lowest BCUT2D eigenvalue weighted by molar-refractivity contribution is -0.0255. The molecule has 1 aliphatic heterocycles. The number of H-pyrrole nitrogens is 1. The van der Waals surface area contributed by atoms with Gasteiger partial charge in [-0.1, -0.05) is 18.2 Å². The van der Waals surface area contributed by atoms with Crippen LogP contribution in [-0.2, 0) is 6.54 Å². The van der Waals surface area contributed by atoms with E-state index in [9.17, 15) is 10.2 Å². The highest BCUT2D eigenvalue weighted by molar-refractivity contribution is 5.82. The van der Waals surface area contributed by atoms with E-state index in [-0.39, 0.29) is 6.61 Å². The van der Waals surface area contributed by atoms with E-state index in [0.29, 0.717) is 12.8 Å². The molecule has 108 valence electrons. The number of fused-ring (bicyclic) bond motifs is 1. The van der Waals surface area contributed by atoms with Gasteiger partial charge in [-0.15, -0.1) is 0 Å². The quantitative estimate of drug-likeness (QED) is 0.801. The second-order valence-electron chi connectivity index (χ2n) is 5.87. The average Bonchev–Trinajstić information content (AvgIpc) is 2.86. The Hall–Kier alpha value is -1.36. The minimum atomic E-state index is -0.882. The van der Waals surface area contributed by atoms with Crippen molar-refractivity contribution in [2.24, 2.45) is 0 Å². The first-order valence-corrected chi connectivity index (χ1v) is 7.31. The number of aliphatic hydroxyl groups excluding tert-OH is 1. The van der Waals surface area contributed by atoms with Crippen LogP contribution in [0.1, 0.15) is 24.8 Å². The van der Waals surface area contributed by atoms with Gasteiger partial charge in [-0.05, 0) is 42.8 Å². The minimum absolute atomic E-state index is 0.132. The van der Waals surface area contributed by atoms with Crippen LogP contribution in [0.15, 0.2) is 30.5 Å². The Labute approximate surface area is 119 Å². The van der Waals surface area contributed by atoms with E-state index < -0.39 is 5.60 Å². The molecule has 1 atom stereocenters. The number of para-hydroxylation sites is 1. The molecule has 3 N–H and O–H groups in total. The number of nitrogens with one attached hydrogen (secondary N) is 1. The topological polar surface area (TPSA) is 59.5 Å². The van der Waals surface area contributed by atoms with Crippen molar-refractivity contribution in [3.05, 3.63) is 36.0 Å². The van der Waals surface area contributed by atoms with E-state index in [1.54, 1.807) is 0 Å². The summed E-state index contributed by atoms with van der Waals surface area (Å²) < 4.78 is 0. The molecule has 1 aromatic carbocycles. The first kappa shape index (κ1) is 13.6. The second kappa shape index (κ2) is 5.56. The third kappa shape index (κ3) is 2.73. The summed E-state index contributed by atoms with van der Waals surface area (Å²) in [6.07, 6.45) is 4.23. The Morgan fingerprint density at radius 3 is 2.95 bits per heavy atom. The largest absolute Gasteiger partial charge is 0.393 e. The summed E-state index contributed by atoms with van der Waals surface area (Å²) >= 11 is 0. The Balaban J connectivity index is 1.73. The molecule has 0 spiro atoms. The summed E-state index contributed by atoms with van der Waals surface area (Å²) in [5.74, 6) is 0. The van der Waals surface area contributed by atoms with Crippen LogP contribution in [0.3, 0.4) is 0 Å². The van der Waals surface area contributed by atoms with E-state index in [2.05, 4.69) is 34.1 Å². The van der Waals surface area contributed by atoms with E-state index in [1.165, 1.54) is 16.5 Å². The number of rotatable bonds is 3. The van der Waals surface area contributed by atoms with Gasteiger partial charge in [0.25, 0.3) is 0 Å². The van der Waals surface area contributed by atoms with E-state index >= 15 is 0 Å². The lowest BCUT2D eigenvalue weighted by atomic mass is 9.96. The zero-order chi connectivity index (χ0) is 14.0. The zero-order valence-corrected chi connectivity index (χ0v) is 11.7. The van der Waals surface area contributed by atoms with Gasteiger partial charge in [0.1, 0.15) is 0 Å². The van der Waals surface area contributed by atoms with Crippen LogP contribution in [0.5, 0.6) is 0 Å². The van der Waals surface area contributed by atoms with Crippen LogP contribution >= 0.6 is 0 Å². The fourth-order valence-electron chi connectivity index (χ4n) is 3.07. The number of aromatic nitrogens is 1. The van der Waals surface area contributed by atoms with E-state index in [4.69, 9.17) is 0 Å². The molecule has 1 fully saturated rings. The molecule has 0 saturated carbocycles. The summed E-state index contributed by atoms with van der Waals surface area (Å²) in [5, 5.41) is 20.7. The van der Waals surface area contributed by atoms with Gasteiger partial charge in [-0.3, -0.25) is 4.90 Å². The van der Waals surface area contributed by atoms with Gasteiger partial charge in [0, 0.05) is 24.8 Å². The lowest BCUT2D eigenvalue weighted by Gasteiger charge is -2.24. The molecule has 1 aromatic heterocycles. The summed E-state index contributed by atoms with van der Waals surface area (Å²) in [4.78, 5) is 5.67. The third-order valence-corrected chi connectivity index (χ3v) is 4.37. The van der Waals surface area contributed by atoms with Gasteiger partial charge in [0.2, 0.25) is 0 Å². The standard InChI is InChI=1S/C16H22N2O2/c19-12-16(20)6-2-9-18(10-7-16)11-14-4-1-3-13-5-8-17-15(13)14/h1,3-5,8,17,19-20H,2,6-7,9-12H2/t16-/m1/s1. The highest BCUT2D eigenvalue weighted by Crippen LogP contribution is 2.24. The Morgan fingerprint density at radius 2 is 2.10 bits per heavy atom. The van der Waals surface area contributed by atoms with Crippen LogP contribution in [0.25, 0.3) is 10.9 Å². The molecule has 0 amide bonds. The molecule has 0 unspecified atom stereocenters.